The maximum absolute atomic E-state index is 5.83. The molecule has 3 heteroatoms. The predicted octanol–water partition coefficient (Wildman–Crippen LogP) is 2.53. The number of nitrogens with zero attached hydrogens (tertiary/aromatic N) is 1. The van der Waals surface area contributed by atoms with Gasteiger partial charge in [0.05, 0.1) is 0 Å². The van der Waals surface area contributed by atoms with Crippen molar-refractivity contribution in [1.29, 1.82) is 0 Å². The van der Waals surface area contributed by atoms with Crippen LogP contribution in [0.4, 0.5) is 0 Å². The van der Waals surface area contributed by atoms with Crippen LogP contribution in [0.3, 0.4) is 0 Å². The van der Waals surface area contributed by atoms with Gasteiger partial charge < -0.3 is 9.73 Å². The van der Waals surface area contributed by atoms with E-state index in [1.807, 2.05) is 12.1 Å². The maximum Gasteiger partial charge on any atom is 0.134 e. The van der Waals surface area contributed by atoms with Gasteiger partial charge in [0.15, 0.2) is 0 Å². The molecule has 0 bridgehead atoms. The highest BCUT2D eigenvalue weighted by Gasteiger charge is 2.19. The molecule has 2 heterocycles. The molecule has 0 saturated carbocycles. The van der Waals surface area contributed by atoms with Crippen LogP contribution in [-0.4, -0.2) is 30.6 Å². The van der Waals surface area contributed by atoms with E-state index in [1.54, 1.807) is 0 Å². The molecule has 1 N–H and O–H groups in total. The lowest BCUT2D eigenvalue weighted by Gasteiger charge is -2.31. The van der Waals surface area contributed by atoms with E-state index < -0.39 is 0 Å². The fraction of sp³-hybridized carbons (Fsp3) is 0.467. The van der Waals surface area contributed by atoms with E-state index >= 15 is 0 Å². The van der Waals surface area contributed by atoms with Crippen molar-refractivity contribution >= 4 is 11.0 Å². The summed E-state index contributed by atoms with van der Waals surface area (Å²) in [6.45, 7) is 8.61. The molecule has 1 aromatic heterocycles. The number of fused-ring (bicyclic) bond motifs is 1. The monoisotopic (exact) mass is 244 g/mol. The van der Waals surface area contributed by atoms with Gasteiger partial charge in [0, 0.05) is 43.2 Å². The SMILES string of the molecule is Cc1oc2ccccc2c1CN1CCN[C@@H](C)C1. The first-order valence-corrected chi connectivity index (χ1v) is 6.67. The number of para-hydroxylation sites is 1. The molecule has 3 rings (SSSR count). The lowest BCUT2D eigenvalue weighted by molar-refractivity contribution is 0.199. The zero-order valence-electron chi connectivity index (χ0n) is 11.1. The molecule has 96 valence electrons. The quantitative estimate of drug-likeness (QED) is 0.880. The van der Waals surface area contributed by atoms with Crippen LogP contribution in [0, 0.1) is 6.92 Å². The van der Waals surface area contributed by atoms with Crippen LogP contribution in [0.5, 0.6) is 0 Å². The lowest BCUT2D eigenvalue weighted by atomic mass is 10.1. The maximum atomic E-state index is 5.83. The number of aryl methyl sites for hydroxylation is 1. The summed E-state index contributed by atoms with van der Waals surface area (Å²) in [4.78, 5) is 2.51. The smallest absolute Gasteiger partial charge is 0.134 e. The summed E-state index contributed by atoms with van der Waals surface area (Å²) in [5.41, 5.74) is 2.35. The van der Waals surface area contributed by atoms with Crippen LogP contribution < -0.4 is 5.32 Å². The third kappa shape index (κ3) is 2.16. The van der Waals surface area contributed by atoms with Gasteiger partial charge in [0.1, 0.15) is 11.3 Å². The topological polar surface area (TPSA) is 28.4 Å². The average molecular weight is 244 g/mol. The molecule has 1 fully saturated rings. The van der Waals surface area contributed by atoms with Gasteiger partial charge in [-0.2, -0.15) is 0 Å². The first kappa shape index (κ1) is 11.8. The highest BCUT2D eigenvalue weighted by Crippen LogP contribution is 2.26. The van der Waals surface area contributed by atoms with Gasteiger partial charge in [0.2, 0.25) is 0 Å². The summed E-state index contributed by atoms with van der Waals surface area (Å²) in [7, 11) is 0. The van der Waals surface area contributed by atoms with Crippen molar-refractivity contribution in [2.75, 3.05) is 19.6 Å². The molecule has 0 amide bonds. The highest BCUT2D eigenvalue weighted by molar-refractivity contribution is 5.82. The Labute approximate surface area is 108 Å². The Balaban J connectivity index is 1.87. The van der Waals surface area contributed by atoms with Gasteiger partial charge in [-0.15, -0.1) is 0 Å². The van der Waals surface area contributed by atoms with Crippen molar-refractivity contribution in [1.82, 2.24) is 10.2 Å². The minimum Gasteiger partial charge on any atom is -0.461 e. The van der Waals surface area contributed by atoms with Gasteiger partial charge in [-0.05, 0) is 19.9 Å². The van der Waals surface area contributed by atoms with Crippen LogP contribution in [0.15, 0.2) is 28.7 Å². The van der Waals surface area contributed by atoms with E-state index in [1.165, 1.54) is 10.9 Å². The summed E-state index contributed by atoms with van der Waals surface area (Å²) in [5, 5.41) is 4.74. The molecule has 0 radical (unpaired) electrons. The number of hydrogen-bond donors (Lipinski definition) is 1. The van der Waals surface area contributed by atoms with Crippen molar-refractivity contribution < 1.29 is 4.42 Å². The zero-order chi connectivity index (χ0) is 12.5. The minimum absolute atomic E-state index is 0.581. The molecule has 2 aromatic rings. The van der Waals surface area contributed by atoms with E-state index in [0.29, 0.717) is 6.04 Å². The molecule has 1 aliphatic rings. The van der Waals surface area contributed by atoms with Crippen molar-refractivity contribution in [2.45, 2.75) is 26.4 Å². The molecule has 3 nitrogen and oxygen atoms in total. The first-order valence-electron chi connectivity index (χ1n) is 6.67. The van der Waals surface area contributed by atoms with E-state index in [0.717, 1.165) is 37.5 Å². The number of furan rings is 1. The predicted molar refractivity (Wildman–Crippen MR) is 73.7 cm³/mol. The Hall–Kier alpha value is -1.32. The molecule has 1 aliphatic heterocycles. The zero-order valence-corrected chi connectivity index (χ0v) is 11.1. The molecule has 0 aliphatic carbocycles. The second kappa shape index (κ2) is 4.75. The largest absolute Gasteiger partial charge is 0.461 e. The van der Waals surface area contributed by atoms with Crippen molar-refractivity contribution in [3.05, 3.63) is 35.6 Å². The summed E-state index contributed by atoms with van der Waals surface area (Å²) in [6.07, 6.45) is 0. The number of nitrogens with one attached hydrogen (secondary N) is 1. The Morgan fingerprint density at radius 1 is 1.39 bits per heavy atom. The highest BCUT2D eigenvalue weighted by atomic mass is 16.3. The number of rotatable bonds is 2. The van der Waals surface area contributed by atoms with Crippen LogP contribution in [-0.2, 0) is 6.54 Å². The Kier molecular flexibility index (Phi) is 3.10. The Bertz CT molecular complexity index is 546. The Morgan fingerprint density at radius 3 is 3.06 bits per heavy atom. The number of hydrogen-bond acceptors (Lipinski definition) is 3. The number of piperazine rings is 1. The standard InChI is InChI=1S/C15H20N2O/c1-11-9-17(8-7-16-11)10-14-12(2)18-15-6-4-3-5-13(14)15/h3-6,11,16H,7-10H2,1-2H3/t11-/m0/s1. The molecule has 18 heavy (non-hydrogen) atoms. The second-order valence-corrected chi connectivity index (χ2v) is 5.22. The summed E-state index contributed by atoms with van der Waals surface area (Å²) in [5.74, 6) is 1.06. The molecule has 0 unspecified atom stereocenters. The fourth-order valence-electron chi connectivity index (χ4n) is 2.80. The third-order valence-corrected chi connectivity index (χ3v) is 3.73. The van der Waals surface area contributed by atoms with Crippen LogP contribution in [0.25, 0.3) is 11.0 Å². The van der Waals surface area contributed by atoms with Crippen molar-refractivity contribution in [3.8, 4) is 0 Å². The molecule has 0 spiro atoms. The van der Waals surface area contributed by atoms with E-state index in [4.69, 9.17) is 4.42 Å². The summed E-state index contributed by atoms with van der Waals surface area (Å²) >= 11 is 0. The molecule has 1 aromatic carbocycles. The molecular formula is C15H20N2O. The van der Waals surface area contributed by atoms with Gasteiger partial charge in [-0.1, -0.05) is 18.2 Å². The van der Waals surface area contributed by atoms with E-state index in [9.17, 15) is 0 Å². The summed E-state index contributed by atoms with van der Waals surface area (Å²) in [6, 6.07) is 8.90. The van der Waals surface area contributed by atoms with Crippen LogP contribution in [0.2, 0.25) is 0 Å². The van der Waals surface area contributed by atoms with E-state index in [2.05, 4.69) is 36.2 Å². The fourth-order valence-corrected chi connectivity index (χ4v) is 2.80. The third-order valence-electron chi connectivity index (χ3n) is 3.73. The first-order chi connectivity index (χ1) is 8.74. The van der Waals surface area contributed by atoms with Crippen LogP contribution in [0.1, 0.15) is 18.2 Å². The second-order valence-electron chi connectivity index (χ2n) is 5.22. The molecule has 1 atom stereocenters. The van der Waals surface area contributed by atoms with Gasteiger partial charge in [-0.25, -0.2) is 0 Å². The van der Waals surface area contributed by atoms with Crippen molar-refractivity contribution in [3.63, 3.8) is 0 Å². The van der Waals surface area contributed by atoms with Crippen LogP contribution >= 0.6 is 0 Å². The normalized spacial score (nSPS) is 21.6. The number of benzene rings is 1. The van der Waals surface area contributed by atoms with Gasteiger partial charge in [-0.3, -0.25) is 4.90 Å². The minimum atomic E-state index is 0.581. The van der Waals surface area contributed by atoms with Gasteiger partial charge in [0.25, 0.3) is 0 Å². The average Bonchev–Trinajstić information content (AvgIpc) is 2.66. The molecule has 1 saturated heterocycles. The summed E-state index contributed by atoms with van der Waals surface area (Å²) < 4.78 is 5.83. The van der Waals surface area contributed by atoms with E-state index in [-0.39, 0.29) is 0 Å². The Morgan fingerprint density at radius 2 is 2.22 bits per heavy atom. The van der Waals surface area contributed by atoms with Gasteiger partial charge >= 0.3 is 0 Å². The molecular weight excluding hydrogens is 224 g/mol. The van der Waals surface area contributed by atoms with Crippen molar-refractivity contribution in [2.24, 2.45) is 0 Å². The lowest BCUT2D eigenvalue weighted by Crippen LogP contribution is -2.48.